The Morgan fingerprint density at radius 2 is 1.62 bits per heavy atom. The summed E-state index contributed by atoms with van der Waals surface area (Å²) in [4.78, 5) is 4.45. The minimum Gasteiger partial charge on any atom is -0.289 e. The van der Waals surface area contributed by atoms with E-state index in [1.54, 1.807) is 6.07 Å². The van der Waals surface area contributed by atoms with Crippen molar-refractivity contribution in [3.05, 3.63) is 47.5 Å². The first kappa shape index (κ1) is 19.4. The summed E-state index contributed by atoms with van der Waals surface area (Å²) in [7, 11) is -0.0491. The molecule has 3 rings (SSSR count). The average Bonchev–Trinajstić information content (AvgIpc) is 2.63. The van der Waals surface area contributed by atoms with Crippen molar-refractivity contribution in [2.75, 3.05) is 0 Å². The number of rotatable bonds is 2. The fourth-order valence-electron chi connectivity index (χ4n) is 3.75. The molecule has 1 radical (unpaired) electrons. The summed E-state index contributed by atoms with van der Waals surface area (Å²) >= 11 is 0. The molecule has 4 heteroatoms. The van der Waals surface area contributed by atoms with Gasteiger partial charge in [0.15, 0.2) is 0 Å². The van der Waals surface area contributed by atoms with Gasteiger partial charge in [-0.15, -0.1) is 34.9 Å². The average molecular weight is 517 g/mol. The van der Waals surface area contributed by atoms with Crippen LogP contribution in [0.1, 0.15) is 52.7 Å². The third-order valence-corrected chi connectivity index (χ3v) is 6.96. The molecule has 0 atom stereocenters. The van der Waals surface area contributed by atoms with E-state index in [2.05, 4.69) is 64.7 Å². The van der Waals surface area contributed by atoms with Crippen LogP contribution in [0, 0.1) is 11.5 Å². The van der Waals surface area contributed by atoms with Gasteiger partial charge in [-0.1, -0.05) is 53.7 Å². The molecule has 1 aliphatic rings. The van der Waals surface area contributed by atoms with Crippen molar-refractivity contribution in [3.63, 3.8) is 0 Å². The summed E-state index contributed by atoms with van der Waals surface area (Å²) < 4.78 is 11.1. The van der Waals surface area contributed by atoms with E-state index in [1.165, 1.54) is 11.1 Å². The Morgan fingerprint density at radius 3 is 2.25 bits per heavy atom. The third kappa shape index (κ3) is 2.53. The van der Waals surface area contributed by atoms with Gasteiger partial charge in [-0.2, -0.15) is 0 Å². The van der Waals surface area contributed by atoms with E-state index in [4.69, 9.17) is 0 Å². The molecule has 1 aromatic carbocycles. The molecule has 0 saturated carbocycles. The topological polar surface area (TPSA) is 30.0 Å². The Labute approximate surface area is 160 Å². The number of hydrogen-bond donors (Lipinski definition) is 0. The van der Waals surface area contributed by atoms with Gasteiger partial charge >= 0.3 is 0 Å². The number of aromatic nitrogens is 1. The monoisotopic (exact) mass is 517 g/mol. The molecule has 2 nitrogen and oxygen atoms in total. The number of fused-ring (bicyclic) bond motifs is 1. The van der Waals surface area contributed by atoms with Gasteiger partial charge < -0.3 is 0 Å². The van der Waals surface area contributed by atoms with Gasteiger partial charge in [-0.3, -0.25) is 9.55 Å². The van der Waals surface area contributed by atoms with Crippen LogP contribution in [0.25, 0.3) is 11.3 Å². The minimum atomic E-state index is -0.0491. The Bertz CT molecular complexity index is 796. The van der Waals surface area contributed by atoms with Gasteiger partial charge in [0.25, 0.3) is 0 Å². The Hall–Kier alpha value is -0.881. The van der Waals surface area contributed by atoms with E-state index >= 15 is 0 Å². The number of hydrogen-bond acceptors (Lipinski definition) is 2. The quantitative estimate of drug-likeness (QED) is 0.413. The van der Waals surface area contributed by atoms with E-state index in [1.807, 2.05) is 12.1 Å². The van der Waals surface area contributed by atoms with Crippen molar-refractivity contribution in [1.82, 2.24) is 4.98 Å². The SMILES string of the molecule is CC1(C)c2c[c-]c(-c3cccc(P=O)n3)cc2C(C)(C)C1(C)C.[Ir]. The van der Waals surface area contributed by atoms with Crippen molar-refractivity contribution < 1.29 is 24.7 Å². The molecule has 0 aliphatic heterocycles. The minimum absolute atomic E-state index is 0. The Morgan fingerprint density at radius 1 is 1.00 bits per heavy atom. The summed E-state index contributed by atoms with van der Waals surface area (Å²) in [6.07, 6.45) is 0. The van der Waals surface area contributed by atoms with Crippen LogP contribution in [-0.2, 0) is 35.5 Å². The molecule has 2 aromatic rings. The van der Waals surface area contributed by atoms with Crippen LogP contribution in [0.5, 0.6) is 0 Å². The zero-order valence-corrected chi connectivity index (χ0v) is 18.3. The molecule has 0 unspecified atom stereocenters. The predicted molar refractivity (Wildman–Crippen MR) is 95.6 cm³/mol. The molecular weight excluding hydrogens is 493 g/mol. The second kappa shape index (κ2) is 6.13. The van der Waals surface area contributed by atoms with Crippen molar-refractivity contribution in [1.29, 1.82) is 0 Å². The first-order valence-electron chi connectivity index (χ1n) is 8.00. The van der Waals surface area contributed by atoms with Gasteiger partial charge in [0.2, 0.25) is 8.46 Å². The van der Waals surface area contributed by atoms with Gasteiger partial charge in [0.05, 0.1) is 0 Å². The predicted octanol–water partition coefficient (Wildman–Crippen LogP) is 5.06. The van der Waals surface area contributed by atoms with Gasteiger partial charge in [0.1, 0.15) is 5.44 Å². The second-order valence-electron chi connectivity index (χ2n) is 8.02. The van der Waals surface area contributed by atoms with E-state index in [0.29, 0.717) is 5.44 Å². The normalized spacial score (nSPS) is 19.6. The molecule has 1 aliphatic carbocycles. The van der Waals surface area contributed by atoms with Crippen LogP contribution in [0.2, 0.25) is 0 Å². The summed E-state index contributed by atoms with van der Waals surface area (Å²) in [6.45, 7) is 14.0. The number of benzene rings is 1. The molecule has 1 aromatic heterocycles. The van der Waals surface area contributed by atoms with E-state index in [0.717, 1.165) is 11.3 Å². The standard InChI is InChI=1S/C20H23NOP.Ir/c1-18(2)14-11-10-13(16-8-7-9-17(21-16)23-22)12-15(14)19(3,4)20(18,5)6;/h7-9,11-12H,1-6H3;/q-1;. The molecule has 0 fully saturated rings. The van der Waals surface area contributed by atoms with Crippen LogP contribution in [0.3, 0.4) is 0 Å². The Balaban J connectivity index is 0.00000208. The van der Waals surface area contributed by atoms with Crippen LogP contribution < -0.4 is 5.44 Å². The fourth-order valence-corrected chi connectivity index (χ4v) is 4.05. The maximum Gasteiger partial charge on any atom is 0.211 e. The fraction of sp³-hybridized carbons (Fsp3) is 0.450. The largest absolute Gasteiger partial charge is 0.289 e. The molecule has 1 heterocycles. The third-order valence-electron chi connectivity index (χ3n) is 6.53. The summed E-state index contributed by atoms with van der Waals surface area (Å²) in [5.41, 5.74) is 5.37. The van der Waals surface area contributed by atoms with E-state index in [9.17, 15) is 4.57 Å². The first-order valence-corrected chi connectivity index (χ1v) is 8.81. The smallest absolute Gasteiger partial charge is 0.211 e. The number of pyridine rings is 1. The summed E-state index contributed by atoms with van der Waals surface area (Å²) in [6, 6.07) is 13.4. The molecule has 0 N–H and O–H groups in total. The first-order chi connectivity index (χ1) is 10.6. The maximum atomic E-state index is 11.1. The van der Waals surface area contributed by atoms with Crippen molar-refractivity contribution >= 4 is 13.9 Å². The van der Waals surface area contributed by atoms with Crippen molar-refractivity contribution in [2.45, 2.75) is 52.4 Å². The molecule has 0 spiro atoms. The second-order valence-corrected chi connectivity index (χ2v) is 8.66. The van der Waals surface area contributed by atoms with E-state index in [-0.39, 0.29) is 44.8 Å². The van der Waals surface area contributed by atoms with E-state index < -0.39 is 0 Å². The zero-order valence-electron chi connectivity index (χ0n) is 15.0. The molecule has 0 saturated heterocycles. The van der Waals surface area contributed by atoms with Crippen LogP contribution in [-0.4, -0.2) is 4.98 Å². The molecular formula is C20H23IrNOP-. The van der Waals surface area contributed by atoms with Crippen molar-refractivity contribution in [2.24, 2.45) is 5.41 Å². The van der Waals surface area contributed by atoms with Gasteiger partial charge in [-0.05, 0) is 28.0 Å². The summed E-state index contributed by atoms with van der Waals surface area (Å²) in [5, 5.41) is 0. The molecule has 0 bridgehead atoms. The molecule has 0 amide bonds. The molecule has 24 heavy (non-hydrogen) atoms. The molecule has 129 valence electrons. The van der Waals surface area contributed by atoms with Gasteiger partial charge in [-0.25, -0.2) is 0 Å². The maximum absolute atomic E-state index is 11.1. The van der Waals surface area contributed by atoms with Crippen LogP contribution in [0.15, 0.2) is 30.3 Å². The number of nitrogens with zero attached hydrogens (tertiary/aromatic N) is 1. The van der Waals surface area contributed by atoms with Crippen LogP contribution >= 0.6 is 8.46 Å². The summed E-state index contributed by atoms with van der Waals surface area (Å²) in [5.74, 6) is 0. The van der Waals surface area contributed by atoms with Crippen molar-refractivity contribution in [3.8, 4) is 11.3 Å². The van der Waals surface area contributed by atoms with Gasteiger partial charge in [0, 0.05) is 20.1 Å². The zero-order chi connectivity index (χ0) is 17.0. The van der Waals surface area contributed by atoms with Crippen LogP contribution in [0.4, 0.5) is 0 Å². The Kier molecular flexibility index (Phi) is 4.97.